The van der Waals surface area contributed by atoms with Gasteiger partial charge < -0.3 is 10.1 Å². The molecular weight excluding hydrogens is 430 g/mol. The minimum Gasteiger partial charge on any atom is -0.497 e. The number of hydrogen-bond donors (Lipinski definition) is 1. The number of aromatic nitrogens is 2. The fourth-order valence-electron chi connectivity index (χ4n) is 4.68. The Morgan fingerprint density at radius 2 is 2.00 bits per heavy atom. The van der Waals surface area contributed by atoms with E-state index in [1.54, 1.807) is 29.3 Å². The van der Waals surface area contributed by atoms with Gasteiger partial charge in [0.2, 0.25) is 0 Å². The molecule has 5 rings (SSSR count). The first-order valence-electron chi connectivity index (χ1n) is 11.6. The van der Waals surface area contributed by atoms with Gasteiger partial charge in [0.25, 0.3) is 5.56 Å². The Morgan fingerprint density at radius 3 is 2.85 bits per heavy atom. The van der Waals surface area contributed by atoms with E-state index in [1.165, 1.54) is 21.6 Å². The SMILES string of the molecule is COc1cccc(CNC2CCc3c(sc4ncn(CCCc5ccccc5)c(=O)c34)C2)c1. The number of nitrogens with zero attached hydrogens (tertiary/aromatic N) is 2. The minimum absolute atomic E-state index is 0.119. The smallest absolute Gasteiger partial charge is 0.262 e. The van der Waals surface area contributed by atoms with Crippen LogP contribution in [0.2, 0.25) is 0 Å². The zero-order valence-electron chi connectivity index (χ0n) is 18.9. The molecule has 2 aromatic heterocycles. The molecule has 1 unspecified atom stereocenters. The molecule has 1 N–H and O–H groups in total. The maximum absolute atomic E-state index is 13.3. The van der Waals surface area contributed by atoms with Crippen molar-refractivity contribution in [3.8, 4) is 5.75 Å². The van der Waals surface area contributed by atoms with Crippen molar-refractivity contribution in [2.45, 2.75) is 51.2 Å². The highest BCUT2D eigenvalue weighted by atomic mass is 32.1. The molecule has 1 aliphatic carbocycles. The van der Waals surface area contributed by atoms with Crippen molar-refractivity contribution in [1.82, 2.24) is 14.9 Å². The van der Waals surface area contributed by atoms with Gasteiger partial charge in [0.05, 0.1) is 18.8 Å². The largest absolute Gasteiger partial charge is 0.497 e. The second kappa shape index (κ2) is 9.89. The number of methoxy groups -OCH3 is 1. The van der Waals surface area contributed by atoms with Crippen LogP contribution in [-0.4, -0.2) is 22.7 Å². The van der Waals surface area contributed by atoms with Crippen molar-refractivity contribution < 1.29 is 4.74 Å². The standard InChI is InChI=1S/C27H29N3O2S/c1-32-22-11-5-9-20(15-22)17-28-21-12-13-23-24(16-21)33-26-25(23)27(31)30(18-29-26)14-6-10-19-7-3-2-4-8-19/h2-5,7-9,11,15,18,21,28H,6,10,12-14,16-17H2,1H3. The van der Waals surface area contributed by atoms with Crippen LogP contribution in [0.5, 0.6) is 5.75 Å². The molecule has 2 heterocycles. The third-order valence-electron chi connectivity index (χ3n) is 6.47. The summed E-state index contributed by atoms with van der Waals surface area (Å²) in [6, 6.07) is 19.0. The Labute approximate surface area is 198 Å². The second-order valence-electron chi connectivity index (χ2n) is 8.69. The molecule has 0 saturated heterocycles. The first kappa shape index (κ1) is 21.9. The maximum Gasteiger partial charge on any atom is 0.262 e. The normalized spacial score (nSPS) is 15.5. The number of fused-ring (bicyclic) bond motifs is 3. The molecule has 0 bridgehead atoms. The summed E-state index contributed by atoms with van der Waals surface area (Å²) >= 11 is 1.69. The monoisotopic (exact) mass is 459 g/mol. The van der Waals surface area contributed by atoms with Crippen molar-refractivity contribution in [2.24, 2.45) is 0 Å². The molecule has 0 fully saturated rings. The van der Waals surface area contributed by atoms with Crippen LogP contribution >= 0.6 is 11.3 Å². The lowest BCUT2D eigenvalue weighted by molar-refractivity contribution is 0.413. The summed E-state index contributed by atoms with van der Waals surface area (Å²) in [6.07, 6.45) is 6.54. The lowest BCUT2D eigenvalue weighted by Gasteiger charge is -2.23. The lowest BCUT2D eigenvalue weighted by Crippen LogP contribution is -2.33. The Balaban J connectivity index is 1.26. The number of rotatable bonds is 8. The Hall–Kier alpha value is -2.96. The highest BCUT2D eigenvalue weighted by molar-refractivity contribution is 7.18. The highest BCUT2D eigenvalue weighted by Crippen LogP contribution is 2.33. The second-order valence-corrected chi connectivity index (χ2v) is 9.77. The predicted molar refractivity (Wildman–Crippen MR) is 134 cm³/mol. The molecule has 0 amide bonds. The van der Waals surface area contributed by atoms with Crippen LogP contribution in [0.3, 0.4) is 0 Å². The number of benzene rings is 2. The molecule has 6 heteroatoms. The summed E-state index contributed by atoms with van der Waals surface area (Å²) < 4.78 is 7.13. The van der Waals surface area contributed by atoms with Crippen molar-refractivity contribution >= 4 is 21.6 Å². The van der Waals surface area contributed by atoms with Crippen molar-refractivity contribution in [3.05, 3.63) is 92.8 Å². The number of thiophene rings is 1. The van der Waals surface area contributed by atoms with Crippen LogP contribution < -0.4 is 15.6 Å². The summed E-state index contributed by atoms with van der Waals surface area (Å²) in [4.78, 5) is 20.1. The fourth-order valence-corrected chi connectivity index (χ4v) is 5.94. The van der Waals surface area contributed by atoms with Crippen LogP contribution in [0.4, 0.5) is 0 Å². The third-order valence-corrected chi connectivity index (χ3v) is 7.63. The van der Waals surface area contributed by atoms with Crippen molar-refractivity contribution in [2.75, 3.05) is 7.11 Å². The van der Waals surface area contributed by atoms with E-state index in [-0.39, 0.29) is 5.56 Å². The van der Waals surface area contributed by atoms with Crippen molar-refractivity contribution in [1.29, 1.82) is 0 Å². The molecule has 170 valence electrons. The molecule has 0 saturated carbocycles. The summed E-state index contributed by atoms with van der Waals surface area (Å²) in [5.74, 6) is 0.885. The predicted octanol–water partition coefficient (Wildman–Crippen LogP) is 4.75. The zero-order valence-corrected chi connectivity index (χ0v) is 19.7. The molecular formula is C27H29N3O2S. The summed E-state index contributed by atoms with van der Waals surface area (Å²) in [6.45, 7) is 1.51. The number of ether oxygens (including phenoxy) is 1. The van der Waals surface area contributed by atoms with Gasteiger partial charge in [0.1, 0.15) is 10.6 Å². The Bertz CT molecular complexity index is 1300. The van der Waals surface area contributed by atoms with E-state index in [0.717, 1.165) is 54.6 Å². The lowest BCUT2D eigenvalue weighted by atomic mass is 9.93. The minimum atomic E-state index is 0.119. The zero-order chi connectivity index (χ0) is 22.6. The molecule has 4 aromatic rings. The van der Waals surface area contributed by atoms with E-state index in [9.17, 15) is 4.79 Å². The van der Waals surface area contributed by atoms with E-state index in [0.29, 0.717) is 12.6 Å². The van der Waals surface area contributed by atoms with Gasteiger partial charge in [-0.3, -0.25) is 9.36 Å². The molecule has 0 aliphatic heterocycles. The van der Waals surface area contributed by atoms with Crippen LogP contribution in [0.25, 0.3) is 10.2 Å². The molecule has 0 radical (unpaired) electrons. The van der Waals surface area contributed by atoms with Gasteiger partial charge in [-0.15, -0.1) is 11.3 Å². The first-order chi connectivity index (χ1) is 16.2. The molecule has 0 spiro atoms. The van der Waals surface area contributed by atoms with E-state index >= 15 is 0 Å². The number of hydrogen-bond acceptors (Lipinski definition) is 5. The van der Waals surface area contributed by atoms with Gasteiger partial charge >= 0.3 is 0 Å². The third kappa shape index (κ3) is 4.87. The maximum atomic E-state index is 13.3. The van der Waals surface area contributed by atoms with Gasteiger partial charge in [-0.1, -0.05) is 42.5 Å². The van der Waals surface area contributed by atoms with Crippen molar-refractivity contribution in [3.63, 3.8) is 0 Å². The van der Waals surface area contributed by atoms with Gasteiger partial charge in [-0.25, -0.2) is 4.98 Å². The van der Waals surface area contributed by atoms with Gasteiger partial charge in [-0.2, -0.15) is 0 Å². The Kier molecular flexibility index (Phi) is 6.55. The summed E-state index contributed by atoms with van der Waals surface area (Å²) in [5, 5.41) is 4.54. The van der Waals surface area contributed by atoms with E-state index in [4.69, 9.17) is 4.74 Å². The average Bonchev–Trinajstić information content (AvgIpc) is 3.23. The van der Waals surface area contributed by atoms with Gasteiger partial charge in [-0.05, 0) is 60.9 Å². The number of nitrogens with one attached hydrogen (secondary N) is 1. The fraction of sp³-hybridized carbons (Fsp3) is 0.333. The topological polar surface area (TPSA) is 56.1 Å². The van der Waals surface area contributed by atoms with Gasteiger partial charge in [0.15, 0.2) is 0 Å². The summed E-state index contributed by atoms with van der Waals surface area (Å²) in [5.41, 5.74) is 3.87. The number of aryl methyl sites for hydroxylation is 3. The van der Waals surface area contributed by atoms with Crippen LogP contribution in [0.15, 0.2) is 65.7 Å². The van der Waals surface area contributed by atoms with Crippen LogP contribution in [-0.2, 0) is 32.4 Å². The Morgan fingerprint density at radius 1 is 1.15 bits per heavy atom. The molecule has 2 aromatic carbocycles. The van der Waals surface area contributed by atoms with Crippen LogP contribution in [0.1, 0.15) is 34.4 Å². The highest BCUT2D eigenvalue weighted by Gasteiger charge is 2.25. The molecule has 1 aliphatic rings. The van der Waals surface area contributed by atoms with E-state index < -0.39 is 0 Å². The average molecular weight is 460 g/mol. The molecule has 1 atom stereocenters. The van der Waals surface area contributed by atoms with Gasteiger partial charge in [0, 0.05) is 24.0 Å². The van der Waals surface area contributed by atoms with E-state index in [2.05, 4.69) is 46.7 Å². The molecule has 33 heavy (non-hydrogen) atoms. The van der Waals surface area contributed by atoms with E-state index in [1.807, 2.05) is 18.2 Å². The quantitative estimate of drug-likeness (QED) is 0.413. The first-order valence-corrected chi connectivity index (χ1v) is 12.4. The summed E-state index contributed by atoms with van der Waals surface area (Å²) in [7, 11) is 1.70. The van der Waals surface area contributed by atoms with Crippen LogP contribution in [0, 0.1) is 0 Å². The molecule has 5 nitrogen and oxygen atoms in total.